The van der Waals surface area contributed by atoms with Crippen molar-refractivity contribution in [2.24, 2.45) is 0 Å². The maximum atomic E-state index is 11.9. The molecule has 0 saturated heterocycles. The average Bonchev–Trinajstić information content (AvgIpc) is 2.37. The van der Waals surface area contributed by atoms with Gasteiger partial charge in [-0.15, -0.1) is 6.58 Å². The van der Waals surface area contributed by atoms with E-state index in [9.17, 15) is 4.79 Å². The SMILES string of the molecule is C=CCn1ncc(NCCCCSC)c(Br)c1=O. The Kier molecular flexibility index (Phi) is 7.12. The first-order valence-electron chi connectivity index (χ1n) is 5.80. The minimum absolute atomic E-state index is 0.135. The lowest BCUT2D eigenvalue weighted by Crippen LogP contribution is -2.24. The number of rotatable bonds is 8. The van der Waals surface area contributed by atoms with Crippen molar-refractivity contribution >= 4 is 33.4 Å². The summed E-state index contributed by atoms with van der Waals surface area (Å²) in [6, 6.07) is 0. The molecule has 0 fully saturated rings. The molecule has 0 aliphatic rings. The highest BCUT2D eigenvalue weighted by atomic mass is 79.9. The Bertz CT molecular complexity index is 447. The number of unbranched alkanes of at least 4 members (excludes halogenated alkanes) is 1. The molecule has 100 valence electrons. The Labute approximate surface area is 120 Å². The van der Waals surface area contributed by atoms with Crippen LogP contribution in [0.3, 0.4) is 0 Å². The van der Waals surface area contributed by atoms with Crippen molar-refractivity contribution in [1.82, 2.24) is 9.78 Å². The van der Waals surface area contributed by atoms with Crippen LogP contribution in [0.2, 0.25) is 0 Å². The second kappa shape index (κ2) is 8.37. The van der Waals surface area contributed by atoms with Crippen LogP contribution in [0.4, 0.5) is 5.69 Å². The highest BCUT2D eigenvalue weighted by molar-refractivity contribution is 9.10. The van der Waals surface area contributed by atoms with Gasteiger partial charge in [0.25, 0.3) is 5.56 Å². The zero-order chi connectivity index (χ0) is 13.4. The van der Waals surface area contributed by atoms with Crippen molar-refractivity contribution in [3.63, 3.8) is 0 Å². The van der Waals surface area contributed by atoms with E-state index >= 15 is 0 Å². The predicted molar refractivity (Wildman–Crippen MR) is 82.5 cm³/mol. The van der Waals surface area contributed by atoms with Crippen LogP contribution in [0.5, 0.6) is 0 Å². The predicted octanol–water partition coefficient (Wildman–Crippen LogP) is 2.75. The Morgan fingerprint density at radius 2 is 2.39 bits per heavy atom. The first-order valence-corrected chi connectivity index (χ1v) is 7.98. The monoisotopic (exact) mass is 331 g/mol. The van der Waals surface area contributed by atoms with Gasteiger partial charge in [0.15, 0.2) is 0 Å². The molecule has 4 nitrogen and oxygen atoms in total. The summed E-state index contributed by atoms with van der Waals surface area (Å²) in [5, 5.41) is 7.30. The standard InChI is InChI=1S/C12H18BrN3OS/c1-3-7-16-12(17)11(13)10(9-15-16)14-6-4-5-8-18-2/h3,9,14H,1,4-8H2,2H3. The number of aromatic nitrogens is 2. The first-order chi connectivity index (χ1) is 8.70. The number of hydrogen-bond acceptors (Lipinski definition) is 4. The minimum Gasteiger partial charge on any atom is -0.383 e. The quantitative estimate of drug-likeness (QED) is 0.587. The fourth-order valence-electron chi connectivity index (χ4n) is 1.44. The lowest BCUT2D eigenvalue weighted by molar-refractivity contribution is 0.648. The van der Waals surface area contributed by atoms with Gasteiger partial charge in [0.1, 0.15) is 4.47 Å². The van der Waals surface area contributed by atoms with E-state index in [0.29, 0.717) is 11.0 Å². The van der Waals surface area contributed by atoms with Gasteiger partial charge < -0.3 is 5.32 Å². The summed E-state index contributed by atoms with van der Waals surface area (Å²) in [6.45, 7) is 4.87. The number of allylic oxidation sites excluding steroid dienone is 1. The number of hydrogen-bond donors (Lipinski definition) is 1. The first kappa shape index (κ1) is 15.3. The second-order valence-corrected chi connectivity index (χ2v) is 5.55. The summed E-state index contributed by atoms with van der Waals surface area (Å²) in [5.41, 5.74) is 0.619. The number of nitrogens with one attached hydrogen (secondary N) is 1. The van der Waals surface area contributed by atoms with Gasteiger partial charge in [-0.2, -0.15) is 16.9 Å². The maximum Gasteiger partial charge on any atom is 0.283 e. The second-order valence-electron chi connectivity index (χ2n) is 3.77. The van der Waals surface area contributed by atoms with Gasteiger partial charge in [-0.05, 0) is 40.8 Å². The largest absolute Gasteiger partial charge is 0.383 e. The molecule has 0 atom stereocenters. The van der Waals surface area contributed by atoms with Crippen LogP contribution < -0.4 is 10.9 Å². The number of thioether (sulfide) groups is 1. The van der Waals surface area contributed by atoms with Gasteiger partial charge >= 0.3 is 0 Å². The third-order valence-corrected chi connectivity index (χ3v) is 3.84. The zero-order valence-electron chi connectivity index (χ0n) is 10.5. The lowest BCUT2D eigenvalue weighted by Gasteiger charge is -2.09. The number of anilines is 1. The summed E-state index contributed by atoms with van der Waals surface area (Å²) >= 11 is 5.16. The summed E-state index contributed by atoms with van der Waals surface area (Å²) in [7, 11) is 0. The molecular formula is C12H18BrN3OS. The van der Waals surface area contributed by atoms with Crippen LogP contribution in [0.1, 0.15) is 12.8 Å². The summed E-state index contributed by atoms with van der Waals surface area (Å²) in [6.07, 6.45) is 7.68. The van der Waals surface area contributed by atoms with E-state index in [1.165, 1.54) is 16.9 Å². The van der Waals surface area contributed by atoms with Crippen molar-refractivity contribution in [3.05, 3.63) is 33.7 Å². The van der Waals surface area contributed by atoms with Gasteiger partial charge in [-0.1, -0.05) is 6.08 Å². The zero-order valence-corrected chi connectivity index (χ0v) is 12.9. The maximum absolute atomic E-state index is 11.9. The van der Waals surface area contributed by atoms with Crippen molar-refractivity contribution in [1.29, 1.82) is 0 Å². The Hall–Kier alpha value is -0.750. The molecule has 0 aliphatic heterocycles. The molecule has 0 aromatic carbocycles. The Balaban J connectivity index is 2.59. The van der Waals surface area contributed by atoms with Crippen molar-refractivity contribution in [2.45, 2.75) is 19.4 Å². The van der Waals surface area contributed by atoms with Crippen molar-refractivity contribution < 1.29 is 0 Å². The van der Waals surface area contributed by atoms with Gasteiger partial charge in [-0.3, -0.25) is 4.79 Å². The molecule has 1 aromatic rings. The molecule has 0 radical (unpaired) electrons. The van der Waals surface area contributed by atoms with Gasteiger partial charge in [0.2, 0.25) is 0 Å². The van der Waals surface area contributed by atoms with Gasteiger partial charge in [-0.25, -0.2) is 4.68 Å². The molecular weight excluding hydrogens is 314 g/mol. The van der Waals surface area contributed by atoms with E-state index in [0.717, 1.165) is 18.7 Å². The summed E-state index contributed by atoms with van der Waals surface area (Å²) < 4.78 is 1.90. The normalized spacial score (nSPS) is 10.3. The van der Waals surface area contributed by atoms with Crippen LogP contribution in [-0.4, -0.2) is 28.3 Å². The fraction of sp³-hybridized carbons (Fsp3) is 0.500. The molecule has 6 heteroatoms. The third kappa shape index (κ3) is 4.49. The third-order valence-electron chi connectivity index (χ3n) is 2.38. The molecule has 0 saturated carbocycles. The molecule has 0 spiro atoms. The van der Waals surface area contributed by atoms with Gasteiger partial charge in [0.05, 0.1) is 18.4 Å². The minimum atomic E-state index is -0.135. The molecule has 0 amide bonds. The van der Waals surface area contributed by atoms with Crippen LogP contribution in [0.25, 0.3) is 0 Å². The van der Waals surface area contributed by atoms with Crippen LogP contribution in [0.15, 0.2) is 28.1 Å². The Morgan fingerprint density at radius 3 is 3.06 bits per heavy atom. The number of nitrogens with zero attached hydrogens (tertiary/aromatic N) is 2. The lowest BCUT2D eigenvalue weighted by atomic mass is 10.3. The van der Waals surface area contributed by atoms with Gasteiger partial charge in [0, 0.05) is 6.54 Å². The molecule has 1 aromatic heterocycles. The Morgan fingerprint density at radius 1 is 1.61 bits per heavy atom. The van der Waals surface area contributed by atoms with E-state index in [2.05, 4.69) is 39.2 Å². The topological polar surface area (TPSA) is 46.9 Å². The molecule has 0 bridgehead atoms. The fourth-order valence-corrected chi connectivity index (χ4v) is 2.38. The van der Waals surface area contributed by atoms with Crippen LogP contribution in [-0.2, 0) is 6.54 Å². The van der Waals surface area contributed by atoms with E-state index in [1.807, 2.05) is 11.8 Å². The van der Waals surface area contributed by atoms with Crippen LogP contribution >= 0.6 is 27.7 Å². The van der Waals surface area contributed by atoms with E-state index < -0.39 is 0 Å². The van der Waals surface area contributed by atoms with Crippen molar-refractivity contribution in [3.8, 4) is 0 Å². The summed E-state index contributed by atoms with van der Waals surface area (Å²) in [4.78, 5) is 11.9. The van der Waals surface area contributed by atoms with Crippen molar-refractivity contribution in [2.75, 3.05) is 23.9 Å². The molecule has 1 N–H and O–H groups in total. The van der Waals surface area contributed by atoms with E-state index in [4.69, 9.17) is 0 Å². The molecule has 0 aliphatic carbocycles. The molecule has 1 heterocycles. The van der Waals surface area contributed by atoms with Crippen LogP contribution in [0, 0.1) is 0 Å². The van der Waals surface area contributed by atoms with E-state index in [1.54, 1.807) is 12.3 Å². The smallest absolute Gasteiger partial charge is 0.283 e. The summed E-state index contributed by atoms with van der Waals surface area (Å²) in [5.74, 6) is 1.17. The van der Waals surface area contributed by atoms with E-state index in [-0.39, 0.29) is 5.56 Å². The highest BCUT2D eigenvalue weighted by Gasteiger charge is 2.07. The average molecular weight is 332 g/mol. The molecule has 18 heavy (non-hydrogen) atoms. The highest BCUT2D eigenvalue weighted by Crippen LogP contribution is 2.16. The number of halogens is 1. The molecule has 1 rings (SSSR count). The molecule has 0 unspecified atom stereocenters.